The monoisotopic (exact) mass is 331 g/mol. The Balaban J connectivity index is 1.71. The Morgan fingerprint density at radius 1 is 1.17 bits per heavy atom. The Labute approximate surface area is 138 Å². The molecular weight excluding hydrogens is 314 g/mol. The molecule has 23 heavy (non-hydrogen) atoms. The highest BCUT2D eigenvalue weighted by molar-refractivity contribution is 7.12. The second kappa shape index (κ2) is 6.37. The van der Waals surface area contributed by atoms with Crippen molar-refractivity contribution in [2.75, 3.05) is 31.1 Å². The van der Waals surface area contributed by atoms with Gasteiger partial charge in [-0.2, -0.15) is 0 Å². The molecule has 120 valence electrons. The molecule has 1 aliphatic rings. The molecule has 0 bridgehead atoms. The second-order valence-corrected chi connectivity index (χ2v) is 6.37. The lowest BCUT2D eigenvalue weighted by Gasteiger charge is -2.35. The lowest BCUT2D eigenvalue weighted by Crippen LogP contribution is -2.48. The largest absolute Gasteiger partial charge is 0.362 e. The summed E-state index contributed by atoms with van der Waals surface area (Å²) >= 11 is 1.46. The highest BCUT2D eigenvalue weighted by Crippen LogP contribution is 2.28. The van der Waals surface area contributed by atoms with Gasteiger partial charge < -0.3 is 9.80 Å². The van der Waals surface area contributed by atoms with Crippen LogP contribution in [0.4, 0.5) is 11.4 Å². The number of hydrogen-bond donors (Lipinski definition) is 0. The van der Waals surface area contributed by atoms with Gasteiger partial charge in [0.1, 0.15) is 5.69 Å². The van der Waals surface area contributed by atoms with Crippen LogP contribution in [0.25, 0.3) is 0 Å². The molecule has 0 N–H and O–H groups in total. The number of nitro benzene ring substituents is 1. The fraction of sp³-hybridized carbons (Fsp3) is 0.312. The molecule has 1 saturated heterocycles. The first-order valence-electron chi connectivity index (χ1n) is 7.39. The Bertz CT molecular complexity index is 736. The highest BCUT2D eigenvalue weighted by atomic mass is 32.1. The first-order chi connectivity index (χ1) is 11.1. The summed E-state index contributed by atoms with van der Waals surface area (Å²) in [5.74, 6) is 0.0553. The molecule has 1 fully saturated rings. The summed E-state index contributed by atoms with van der Waals surface area (Å²) in [6, 6.07) is 8.69. The standard InChI is InChI=1S/C16H17N3O3S/c1-12-6-11-23-15(12)16(20)18-9-7-17(8-10-18)13-4-2-3-5-14(13)19(21)22/h2-6,11H,7-10H2,1H3. The molecule has 1 aromatic heterocycles. The summed E-state index contributed by atoms with van der Waals surface area (Å²) < 4.78 is 0. The van der Waals surface area contributed by atoms with E-state index in [2.05, 4.69) is 0 Å². The Morgan fingerprint density at radius 3 is 2.48 bits per heavy atom. The van der Waals surface area contributed by atoms with Crippen LogP contribution in [0.1, 0.15) is 15.2 Å². The number of benzene rings is 1. The number of thiophene rings is 1. The van der Waals surface area contributed by atoms with Gasteiger partial charge in [0.05, 0.1) is 9.80 Å². The zero-order chi connectivity index (χ0) is 16.4. The molecule has 0 unspecified atom stereocenters. The average Bonchev–Trinajstić information content (AvgIpc) is 3.00. The van der Waals surface area contributed by atoms with Crippen LogP contribution in [0.2, 0.25) is 0 Å². The fourth-order valence-corrected chi connectivity index (χ4v) is 3.66. The third kappa shape index (κ3) is 3.05. The quantitative estimate of drug-likeness (QED) is 0.641. The van der Waals surface area contributed by atoms with Gasteiger partial charge in [0.15, 0.2) is 0 Å². The molecule has 0 aliphatic carbocycles. The summed E-state index contributed by atoms with van der Waals surface area (Å²) in [4.78, 5) is 27.9. The molecule has 3 rings (SSSR count). The van der Waals surface area contributed by atoms with Crippen molar-refractivity contribution >= 4 is 28.6 Å². The molecule has 1 amide bonds. The van der Waals surface area contributed by atoms with E-state index in [-0.39, 0.29) is 16.5 Å². The summed E-state index contributed by atoms with van der Waals surface area (Å²) in [7, 11) is 0. The van der Waals surface area contributed by atoms with Crippen LogP contribution in [0.3, 0.4) is 0 Å². The molecule has 2 aromatic rings. The second-order valence-electron chi connectivity index (χ2n) is 5.46. The first kappa shape index (κ1) is 15.5. The predicted molar refractivity (Wildman–Crippen MR) is 90.3 cm³/mol. The van der Waals surface area contributed by atoms with Crippen LogP contribution in [0.15, 0.2) is 35.7 Å². The number of carbonyl (C=O) groups is 1. The van der Waals surface area contributed by atoms with Gasteiger partial charge in [-0.3, -0.25) is 14.9 Å². The van der Waals surface area contributed by atoms with E-state index in [1.807, 2.05) is 28.2 Å². The van der Waals surface area contributed by atoms with Gasteiger partial charge in [0.25, 0.3) is 11.6 Å². The van der Waals surface area contributed by atoms with Crippen molar-refractivity contribution in [3.8, 4) is 0 Å². The number of anilines is 1. The van der Waals surface area contributed by atoms with Gasteiger partial charge in [0, 0.05) is 32.2 Å². The van der Waals surface area contributed by atoms with E-state index in [1.54, 1.807) is 18.2 Å². The van der Waals surface area contributed by atoms with Gasteiger partial charge >= 0.3 is 0 Å². The van der Waals surface area contributed by atoms with Gasteiger partial charge in [0.2, 0.25) is 0 Å². The van der Waals surface area contributed by atoms with E-state index in [0.29, 0.717) is 31.9 Å². The number of nitro groups is 1. The van der Waals surface area contributed by atoms with Crippen LogP contribution in [0, 0.1) is 17.0 Å². The number of aryl methyl sites for hydroxylation is 1. The third-order valence-corrected chi connectivity index (χ3v) is 5.05. The van der Waals surface area contributed by atoms with Crippen LogP contribution >= 0.6 is 11.3 Å². The normalized spacial score (nSPS) is 14.8. The Hall–Kier alpha value is -2.41. The van der Waals surface area contributed by atoms with Crippen LogP contribution in [-0.4, -0.2) is 41.9 Å². The highest BCUT2D eigenvalue weighted by Gasteiger charge is 2.26. The summed E-state index contributed by atoms with van der Waals surface area (Å²) in [5, 5.41) is 13.1. The predicted octanol–water partition coefficient (Wildman–Crippen LogP) is 2.93. The molecule has 0 spiro atoms. The van der Waals surface area contributed by atoms with Gasteiger partial charge in [-0.05, 0) is 30.0 Å². The Kier molecular flexibility index (Phi) is 4.29. The molecule has 1 aliphatic heterocycles. The van der Waals surface area contributed by atoms with Crippen LogP contribution in [0.5, 0.6) is 0 Å². The minimum Gasteiger partial charge on any atom is -0.362 e. The van der Waals surface area contributed by atoms with Crippen LogP contribution < -0.4 is 4.90 Å². The molecule has 0 atom stereocenters. The third-order valence-electron chi connectivity index (χ3n) is 4.04. The minimum absolute atomic E-state index is 0.0553. The van der Waals surface area contributed by atoms with E-state index in [4.69, 9.17) is 0 Å². The van der Waals surface area contributed by atoms with Crippen molar-refractivity contribution in [3.05, 3.63) is 56.3 Å². The van der Waals surface area contributed by atoms with E-state index in [0.717, 1.165) is 10.4 Å². The van der Waals surface area contributed by atoms with Crippen LogP contribution in [-0.2, 0) is 0 Å². The SMILES string of the molecule is Cc1ccsc1C(=O)N1CCN(c2ccccc2[N+](=O)[O-])CC1. The minimum atomic E-state index is -0.359. The molecule has 0 saturated carbocycles. The van der Waals surface area contributed by atoms with Crippen molar-refractivity contribution in [2.45, 2.75) is 6.92 Å². The van der Waals surface area contributed by atoms with E-state index in [1.165, 1.54) is 17.4 Å². The number of rotatable bonds is 3. The summed E-state index contributed by atoms with van der Waals surface area (Å²) in [5.41, 5.74) is 1.74. The summed E-state index contributed by atoms with van der Waals surface area (Å²) in [6.45, 7) is 4.28. The van der Waals surface area contributed by atoms with Gasteiger partial charge in [-0.1, -0.05) is 12.1 Å². The Morgan fingerprint density at radius 2 is 1.87 bits per heavy atom. The van der Waals surface area contributed by atoms with E-state index < -0.39 is 0 Å². The average molecular weight is 331 g/mol. The molecule has 2 heterocycles. The number of carbonyl (C=O) groups excluding carboxylic acids is 1. The van der Waals surface area contributed by atoms with Crippen molar-refractivity contribution < 1.29 is 9.72 Å². The van der Waals surface area contributed by atoms with Crippen molar-refractivity contribution in [2.24, 2.45) is 0 Å². The number of nitrogens with zero attached hydrogens (tertiary/aromatic N) is 3. The van der Waals surface area contributed by atoms with Gasteiger partial charge in [-0.15, -0.1) is 11.3 Å². The van der Waals surface area contributed by atoms with Gasteiger partial charge in [-0.25, -0.2) is 0 Å². The lowest BCUT2D eigenvalue weighted by atomic mass is 10.2. The maximum atomic E-state index is 12.5. The molecule has 6 nitrogen and oxygen atoms in total. The summed E-state index contributed by atoms with van der Waals surface area (Å²) in [6.07, 6.45) is 0. The topological polar surface area (TPSA) is 66.7 Å². The van der Waals surface area contributed by atoms with Crippen molar-refractivity contribution in [1.29, 1.82) is 0 Å². The first-order valence-corrected chi connectivity index (χ1v) is 8.27. The number of para-hydroxylation sites is 2. The molecular formula is C16H17N3O3S. The lowest BCUT2D eigenvalue weighted by molar-refractivity contribution is -0.384. The van der Waals surface area contributed by atoms with E-state index >= 15 is 0 Å². The zero-order valence-corrected chi connectivity index (χ0v) is 13.6. The van der Waals surface area contributed by atoms with Crippen molar-refractivity contribution in [3.63, 3.8) is 0 Å². The maximum absolute atomic E-state index is 12.5. The number of hydrogen-bond acceptors (Lipinski definition) is 5. The molecule has 0 radical (unpaired) electrons. The van der Waals surface area contributed by atoms with Crippen molar-refractivity contribution in [1.82, 2.24) is 4.90 Å². The molecule has 1 aromatic carbocycles. The molecule has 7 heteroatoms. The smallest absolute Gasteiger partial charge is 0.292 e. The maximum Gasteiger partial charge on any atom is 0.292 e. The zero-order valence-electron chi connectivity index (χ0n) is 12.8. The fourth-order valence-electron chi connectivity index (χ4n) is 2.77. The number of amides is 1. The van der Waals surface area contributed by atoms with E-state index in [9.17, 15) is 14.9 Å². The number of piperazine rings is 1.